The fourth-order valence-electron chi connectivity index (χ4n) is 3.25. The van der Waals surface area contributed by atoms with Gasteiger partial charge in [-0.05, 0) is 0 Å². The Morgan fingerprint density at radius 2 is 1.90 bits per heavy atom. The van der Waals surface area contributed by atoms with Crippen molar-refractivity contribution in [3.63, 3.8) is 0 Å². The van der Waals surface area contributed by atoms with Crippen molar-refractivity contribution in [2.75, 3.05) is 18.4 Å². The Morgan fingerprint density at radius 3 is 2.38 bits per heavy atom. The summed E-state index contributed by atoms with van der Waals surface area (Å²) in [6.07, 6.45) is -3.27. The van der Waals surface area contributed by atoms with Crippen LogP contribution in [0.2, 0.25) is 14.8 Å². The van der Waals surface area contributed by atoms with Crippen LogP contribution >= 0.6 is 0 Å². The summed E-state index contributed by atoms with van der Waals surface area (Å²) in [6, 6.07) is -0.0339. The summed E-state index contributed by atoms with van der Waals surface area (Å²) < 4.78 is 45.6. The third kappa shape index (κ3) is 6.61. The number of likely N-dealkylation sites (tertiary alicyclic amines) is 1. The van der Waals surface area contributed by atoms with Gasteiger partial charge in [0.05, 0.1) is 0 Å². The van der Waals surface area contributed by atoms with E-state index in [4.69, 9.17) is 4.74 Å². The zero-order chi connectivity index (χ0) is 22.2. The maximum absolute atomic E-state index is 13.4. The molecule has 0 unspecified atom stereocenters. The number of nitrogens with zero attached hydrogens (tertiary/aromatic N) is 3. The van der Waals surface area contributed by atoms with E-state index in [1.165, 1.54) is 0 Å². The number of carbonyl (C=O) groups excluding carboxylic acids is 1. The summed E-state index contributed by atoms with van der Waals surface area (Å²) in [6.45, 7) is 8.46. The van der Waals surface area contributed by atoms with E-state index in [1.54, 1.807) is 4.90 Å². The molecule has 0 spiro atoms. The third-order valence-electron chi connectivity index (χ3n) is 4.68. The zero-order valence-corrected chi connectivity index (χ0v) is 21.0. The van der Waals surface area contributed by atoms with E-state index >= 15 is 0 Å². The summed E-state index contributed by atoms with van der Waals surface area (Å²) in [4.78, 5) is 27.9. The predicted octanol–water partition coefficient (Wildman–Crippen LogP) is 4.10. The number of amides is 1. The van der Waals surface area contributed by atoms with Crippen LogP contribution in [-0.4, -0.2) is 64.1 Å². The number of hydrogen-bond acceptors (Lipinski definition) is 5. The van der Waals surface area contributed by atoms with Gasteiger partial charge in [-0.3, -0.25) is 0 Å². The molecule has 1 fully saturated rings. The number of anilines is 1. The second-order valence-corrected chi connectivity index (χ2v) is 23.8. The van der Waals surface area contributed by atoms with Crippen LogP contribution in [0.15, 0.2) is 6.20 Å². The molecule has 2 rings (SSSR count). The molecule has 1 N–H and O–H groups in total. The molecule has 0 aromatic carbocycles. The number of hydrogen-bond donors (Lipinski definition) is 1. The second-order valence-electron chi connectivity index (χ2n) is 9.65. The Morgan fingerprint density at radius 1 is 1.28 bits per heavy atom. The SMILES string of the molecule is C[C@@H]1CN(C(=O)OC(C)(C)C)CC[C@@H]1Nc1ncc(C(F)(F)F)[c]([Sn]([CH3])([CH3])[CH3])n1. The standard InChI is InChI=1S/C16H22F3N4O2.3CH3.Sn/c1-10-9-23(14(24)25-15(2,3)4)6-5-12(10)22-13-20-7-11(8-21-13)16(17,18)19;;;;/h7,10,12H,5-6,9H2,1-4H3,(H,20,21,22);3*1H3;/t10-,12+;;;;/m1..../s1. The first-order valence-electron chi connectivity index (χ1n) is 9.77. The normalized spacial score (nSPS) is 21.1. The predicted molar refractivity (Wildman–Crippen MR) is 109 cm³/mol. The topological polar surface area (TPSA) is 67.3 Å². The monoisotopic (exact) mass is 524 g/mol. The molecule has 10 heteroatoms. The number of piperidine rings is 1. The summed E-state index contributed by atoms with van der Waals surface area (Å²) in [5, 5.41) is 3.19. The summed E-state index contributed by atoms with van der Waals surface area (Å²) >= 11 is -3.12. The van der Waals surface area contributed by atoms with Crippen molar-refractivity contribution in [2.45, 2.75) is 66.8 Å². The third-order valence-corrected chi connectivity index (χ3v) is 9.82. The van der Waals surface area contributed by atoms with Crippen molar-refractivity contribution in [1.82, 2.24) is 14.9 Å². The average Bonchev–Trinajstić information content (AvgIpc) is 2.53. The Balaban J connectivity index is 2.12. The van der Waals surface area contributed by atoms with Gasteiger partial charge in [-0.1, -0.05) is 0 Å². The van der Waals surface area contributed by atoms with Crippen LogP contribution in [0.1, 0.15) is 39.7 Å². The van der Waals surface area contributed by atoms with Crippen molar-refractivity contribution in [3.05, 3.63) is 11.8 Å². The molecule has 1 aromatic rings. The van der Waals surface area contributed by atoms with Gasteiger partial charge in [0.25, 0.3) is 0 Å². The molecule has 1 aromatic heterocycles. The van der Waals surface area contributed by atoms with Crippen molar-refractivity contribution in [1.29, 1.82) is 0 Å². The van der Waals surface area contributed by atoms with E-state index in [1.807, 2.05) is 42.5 Å². The molecule has 0 aliphatic carbocycles. The van der Waals surface area contributed by atoms with Gasteiger partial charge in [-0.25, -0.2) is 0 Å². The van der Waals surface area contributed by atoms with Crippen LogP contribution in [0.5, 0.6) is 0 Å². The number of alkyl halides is 3. The molecule has 1 amide bonds. The average molecular weight is 523 g/mol. The van der Waals surface area contributed by atoms with Crippen LogP contribution in [0.25, 0.3) is 0 Å². The molecule has 1 aliphatic heterocycles. The van der Waals surface area contributed by atoms with E-state index in [0.29, 0.717) is 19.5 Å². The molecule has 0 radical (unpaired) electrons. The van der Waals surface area contributed by atoms with Gasteiger partial charge in [-0.2, -0.15) is 0 Å². The number of nitrogens with one attached hydrogen (secondary N) is 1. The van der Waals surface area contributed by atoms with Crippen LogP contribution < -0.4 is 9.03 Å². The van der Waals surface area contributed by atoms with E-state index < -0.39 is 35.7 Å². The van der Waals surface area contributed by atoms with Crippen molar-refractivity contribution < 1.29 is 22.7 Å². The van der Waals surface area contributed by atoms with Crippen LogP contribution in [-0.2, 0) is 10.9 Å². The summed E-state index contributed by atoms with van der Waals surface area (Å²) in [5.74, 6) is 0.297. The van der Waals surface area contributed by atoms with E-state index in [0.717, 1.165) is 6.20 Å². The summed E-state index contributed by atoms with van der Waals surface area (Å²) in [5.41, 5.74) is -1.28. The van der Waals surface area contributed by atoms with Crippen LogP contribution in [0.3, 0.4) is 0 Å². The molecule has 6 nitrogen and oxygen atoms in total. The van der Waals surface area contributed by atoms with E-state index in [-0.39, 0.29) is 27.7 Å². The Bertz CT molecular complexity index is 744. The molecule has 1 saturated heterocycles. The Hall–Kier alpha value is -1.26. The molecule has 1 aliphatic rings. The molecule has 164 valence electrons. The van der Waals surface area contributed by atoms with Gasteiger partial charge in [0.2, 0.25) is 0 Å². The van der Waals surface area contributed by atoms with Gasteiger partial charge in [-0.15, -0.1) is 0 Å². The minimum absolute atomic E-state index is 0.0339. The molecular weight excluding hydrogens is 492 g/mol. The fraction of sp³-hybridized carbons (Fsp3) is 0.737. The van der Waals surface area contributed by atoms with Crippen LogP contribution in [0, 0.1) is 5.92 Å². The van der Waals surface area contributed by atoms with Gasteiger partial charge in [0.15, 0.2) is 0 Å². The number of aromatic nitrogens is 2. The maximum atomic E-state index is 13.4. The number of halogens is 3. The molecule has 2 heterocycles. The minimum atomic E-state index is -4.45. The van der Waals surface area contributed by atoms with E-state index in [9.17, 15) is 18.0 Å². The Labute approximate surface area is 174 Å². The molecule has 29 heavy (non-hydrogen) atoms. The fourth-order valence-corrected chi connectivity index (χ4v) is 7.40. The first kappa shape index (κ1) is 24.0. The molecule has 0 bridgehead atoms. The van der Waals surface area contributed by atoms with E-state index in [2.05, 4.69) is 15.3 Å². The zero-order valence-electron chi connectivity index (χ0n) is 18.1. The van der Waals surface area contributed by atoms with Gasteiger partial charge in [0, 0.05) is 0 Å². The first-order chi connectivity index (χ1) is 13.1. The number of carbonyl (C=O) groups is 1. The van der Waals surface area contributed by atoms with Gasteiger partial charge >= 0.3 is 175 Å². The van der Waals surface area contributed by atoms with Crippen molar-refractivity contribution >= 4 is 34.1 Å². The van der Waals surface area contributed by atoms with Crippen molar-refractivity contribution in [2.24, 2.45) is 5.92 Å². The second kappa shape index (κ2) is 8.47. The number of ether oxygens (including phenoxy) is 1. The summed E-state index contributed by atoms with van der Waals surface area (Å²) in [7, 11) is 0. The Kier molecular flexibility index (Phi) is 7.01. The van der Waals surface area contributed by atoms with Gasteiger partial charge in [0.1, 0.15) is 0 Å². The molecule has 0 saturated carbocycles. The number of rotatable bonds is 3. The van der Waals surface area contributed by atoms with Crippen LogP contribution in [0.4, 0.5) is 23.9 Å². The van der Waals surface area contributed by atoms with Crippen molar-refractivity contribution in [3.8, 4) is 0 Å². The first-order valence-corrected chi connectivity index (χ1v) is 19.8. The quantitative estimate of drug-likeness (QED) is 0.605. The van der Waals surface area contributed by atoms with Gasteiger partial charge < -0.3 is 0 Å². The molecule has 2 atom stereocenters. The molecular formula is C19H31F3N4O2Sn.